The van der Waals surface area contributed by atoms with E-state index in [9.17, 15) is 9.59 Å². The van der Waals surface area contributed by atoms with Gasteiger partial charge in [0.15, 0.2) is 0 Å². The van der Waals surface area contributed by atoms with Crippen LogP contribution in [0.5, 0.6) is 0 Å². The summed E-state index contributed by atoms with van der Waals surface area (Å²) in [7, 11) is 0. The second-order valence-corrected chi connectivity index (χ2v) is 7.53. The van der Waals surface area contributed by atoms with Gasteiger partial charge in [0.2, 0.25) is 5.91 Å². The van der Waals surface area contributed by atoms with Gasteiger partial charge in [0.1, 0.15) is 0 Å². The summed E-state index contributed by atoms with van der Waals surface area (Å²) < 4.78 is 0. The molecule has 1 heterocycles. The number of amides is 2. The Labute approximate surface area is 152 Å². The molecule has 1 aliphatic heterocycles. The molecule has 4 heteroatoms. The first-order valence-electron chi connectivity index (χ1n) is 9.67. The first-order chi connectivity index (χ1) is 12.0. The van der Waals surface area contributed by atoms with Gasteiger partial charge in [-0.15, -0.1) is 0 Å². The van der Waals surface area contributed by atoms with Crippen molar-refractivity contribution in [2.45, 2.75) is 52.9 Å². The Balaban J connectivity index is 1.93. The number of nitrogens with one attached hydrogen (secondary N) is 1. The Kier molecular flexibility index (Phi) is 7.48. The second-order valence-electron chi connectivity index (χ2n) is 7.53. The number of piperidine rings is 1. The van der Waals surface area contributed by atoms with Gasteiger partial charge in [0, 0.05) is 25.2 Å². The summed E-state index contributed by atoms with van der Waals surface area (Å²) in [5.74, 6) is 0.672. The molecule has 0 aliphatic carbocycles. The summed E-state index contributed by atoms with van der Waals surface area (Å²) in [6.45, 7) is 8.50. The van der Waals surface area contributed by atoms with Crippen LogP contribution in [0.3, 0.4) is 0 Å². The molecule has 0 saturated carbocycles. The van der Waals surface area contributed by atoms with Gasteiger partial charge in [0.05, 0.1) is 5.92 Å². The van der Waals surface area contributed by atoms with Gasteiger partial charge < -0.3 is 10.2 Å². The lowest BCUT2D eigenvalue weighted by Gasteiger charge is -2.32. The maximum atomic E-state index is 12.8. The first-order valence-corrected chi connectivity index (χ1v) is 9.67. The van der Waals surface area contributed by atoms with E-state index in [2.05, 4.69) is 26.1 Å². The van der Waals surface area contributed by atoms with E-state index < -0.39 is 0 Å². The lowest BCUT2D eigenvalue weighted by molar-refractivity contribution is -0.126. The zero-order valence-corrected chi connectivity index (χ0v) is 15.9. The molecule has 0 aromatic heterocycles. The average molecular weight is 344 g/mol. The van der Waals surface area contributed by atoms with E-state index >= 15 is 0 Å². The second kappa shape index (κ2) is 9.59. The fourth-order valence-corrected chi connectivity index (χ4v) is 3.35. The lowest BCUT2D eigenvalue weighted by atomic mass is 9.96. The zero-order chi connectivity index (χ0) is 18.2. The summed E-state index contributed by atoms with van der Waals surface area (Å²) in [6, 6.07) is 7.94. The maximum Gasteiger partial charge on any atom is 0.253 e. The van der Waals surface area contributed by atoms with Crippen molar-refractivity contribution in [3.8, 4) is 0 Å². The number of likely N-dealkylation sites (tertiary alicyclic amines) is 1. The number of unbranched alkanes of at least 4 members (excludes halogenated alkanes) is 1. The number of hydrogen-bond donors (Lipinski definition) is 1. The third-order valence-corrected chi connectivity index (χ3v) is 4.75. The van der Waals surface area contributed by atoms with Gasteiger partial charge in [-0.2, -0.15) is 0 Å². The van der Waals surface area contributed by atoms with Crippen LogP contribution >= 0.6 is 0 Å². The molecule has 0 bridgehead atoms. The quantitative estimate of drug-likeness (QED) is 0.768. The smallest absolute Gasteiger partial charge is 0.253 e. The largest absolute Gasteiger partial charge is 0.356 e. The Morgan fingerprint density at radius 3 is 2.60 bits per heavy atom. The minimum absolute atomic E-state index is 0.0437. The van der Waals surface area contributed by atoms with Crippen LogP contribution in [0.25, 0.3) is 0 Å². The molecule has 1 N–H and O–H groups in total. The fraction of sp³-hybridized carbons (Fsp3) is 0.619. The zero-order valence-electron chi connectivity index (χ0n) is 15.9. The maximum absolute atomic E-state index is 12.8. The van der Waals surface area contributed by atoms with Crippen LogP contribution in [0.15, 0.2) is 24.3 Å². The predicted octanol–water partition coefficient (Wildman–Crippen LogP) is 3.65. The van der Waals surface area contributed by atoms with Crippen molar-refractivity contribution >= 4 is 11.8 Å². The highest BCUT2D eigenvalue weighted by Crippen LogP contribution is 2.19. The number of benzene rings is 1. The van der Waals surface area contributed by atoms with Gasteiger partial charge in [-0.25, -0.2) is 0 Å². The van der Waals surface area contributed by atoms with Crippen LogP contribution in [0.4, 0.5) is 0 Å². The SMILES string of the molecule is CCCCNC(=O)C1CCCN(C(=O)c2ccc(CC(C)C)cc2)C1. The highest BCUT2D eigenvalue weighted by atomic mass is 16.2. The molecule has 1 aromatic carbocycles. The molecular formula is C21H32N2O2. The van der Waals surface area contributed by atoms with E-state index in [1.54, 1.807) is 0 Å². The Bertz CT molecular complexity index is 566. The van der Waals surface area contributed by atoms with Crippen LogP contribution < -0.4 is 5.32 Å². The highest BCUT2D eigenvalue weighted by Gasteiger charge is 2.28. The van der Waals surface area contributed by atoms with Crippen LogP contribution in [0, 0.1) is 11.8 Å². The van der Waals surface area contributed by atoms with E-state index in [1.165, 1.54) is 5.56 Å². The molecule has 1 unspecified atom stereocenters. The molecule has 2 rings (SSSR count). The number of rotatable bonds is 7. The Morgan fingerprint density at radius 2 is 1.96 bits per heavy atom. The van der Waals surface area contributed by atoms with Gasteiger partial charge in [0.25, 0.3) is 5.91 Å². The van der Waals surface area contributed by atoms with Crippen LogP contribution in [0.2, 0.25) is 0 Å². The van der Waals surface area contributed by atoms with E-state index in [1.807, 2.05) is 29.2 Å². The normalized spacial score (nSPS) is 17.6. The molecule has 1 saturated heterocycles. The van der Waals surface area contributed by atoms with Gasteiger partial charge >= 0.3 is 0 Å². The summed E-state index contributed by atoms with van der Waals surface area (Å²) >= 11 is 0. The molecule has 0 spiro atoms. The Hall–Kier alpha value is -1.84. The first kappa shape index (κ1) is 19.5. The molecule has 25 heavy (non-hydrogen) atoms. The van der Waals surface area contributed by atoms with Crippen LogP contribution in [-0.4, -0.2) is 36.3 Å². The average Bonchev–Trinajstić information content (AvgIpc) is 2.61. The van der Waals surface area contributed by atoms with Crippen LogP contribution in [-0.2, 0) is 11.2 Å². The van der Waals surface area contributed by atoms with Crippen molar-refractivity contribution in [2.75, 3.05) is 19.6 Å². The van der Waals surface area contributed by atoms with E-state index in [0.717, 1.165) is 50.8 Å². The predicted molar refractivity (Wildman–Crippen MR) is 102 cm³/mol. The highest BCUT2D eigenvalue weighted by molar-refractivity contribution is 5.94. The number of carbonyl (C=O) groups excluding carboxylic acids is 2. The summed E-state index contributed by atoms with van der Waals surface area (Å²) in [5, 5.41) is 3.00. The van der Waals surface area contributed by atoms with Gasteiger partial charge in [-0.3, -0.25) is 9.59 Å². The minimum Gasteiger partial charge on any atom is -0.356 e. The van der Waals surface area contributed by atoms with Crippen LogP contribution in [0.1, 0.15) is 62.4 Å². The number of nitrogens with zero attached hydrogens (tertiary/aromatic N) is 1. The fourth-order valence-electron chi connectivity index (χ4n) is 3.35. The Morgan fingerprint density at radius 1 is 1.24 bits per heavy atom. The monoisotopic (exact) mass is 344 g/mol. The lowest BCUT2D eigenvalue weighted by Crippen LogP contribution is -2.45. The summed E-state index contributed by atoms with van der Waals surface area (Å²) in [5.41, 5.74) is 1.98. The third kappa shape index (κ3) is 5.87. The summed E-state index contributed by atoms with van der Waals surface area (Å²) in [4.78, 5) is 26.9. The van der Waals surface area contributed by atoms with Crippen molar-refractivity contribution in [1.29, 1.82) is 0 Å². The molecule has 1 atom stereocenters. The molecule has 1 aromatic rings. The van der Waals surface area contributed by atoms with E-state index in [4.69, 9.17) is 0 Å². The topological polar surface area (TPSA) is 49.4 Å². The van der Waals surface area contributed by atoms with Gasteiger partial charge in [-0.05, 0) is 49.3 Å². The molecule has 2 amide bonds. The van der Waals surface area contributed by atoms with Crippen molar-refractivity contribution in [1.82, 2.24) is 10.2 Å². The van der Waals surface area contributed by atoms with Crippen molar-refractivity contribution < 1.29 is 9.59 Å². The molecule has 1 fully saturated rings. The van der Waals surface area contributed by atoms with Crippen molar-refractivity contribution in [2.24, 2.45) is 11.8 Å². The molecule has 1 aliphatic rings. The standard InChI is InChI=1S/C21H32N2O2/c1-4-5-12-22-20(24)19-7-6-13-23(15-19)21(25)18-10-8-17(9-11-18)14-16(2)3/h8-11,16,19H,4-7,12-15H2,1-3H3,(H,22,24). The van der Waals surface area contributed by atoms with E-state index in [-0.39, 0.29) is 17.7 Å². The third-order valence-electron chi connectivity index (χ3n) is 4.75. The van der Waals surface area contributed by atoms with Crippen molar-refractivity contribution in [3.63, 3.8) is 0 Å². The van der Waals surface area contributed by atoms with E-state index in [0.29, 0.717) is 12.5 Å². The molecule has 138 valence electrons. The summed E-state index contributed by atoms with van der Waals surface area (Å²) in [6.07, 6.45) is 4.86. The number of carbonyl (C=O) groups is 2. The molecule has 4 nitrogen and oxygen atoms in total. The van der Waals surface area contributed by atoms with Crippen molar-refractivity contribution in [3.05, 3.63) is 35.4 Å². The minimum atomic E-state index is -0.0743. The van der Waals surface area contributed by atoms with Gasteiger partial charge in [-0.1, -0.05) is 39.3 Å². The molecular weight excluding hydrogens is 312 g/mol. The molecule has 0 radical (unpaired) electrons. The number of hydrogen-bond acceptors (Lipinski definition) is 2.